The van der Waals surface area contributed by atoms with Crippen molar-refractivity contribution in [1.82, 2.24) is 4.98 Å². The zero-order valence-electron chi connectivity index (χ0n) is 15.2. The number of amides is 1. The molecule has 0 aliphatic rings. The molecular formula is C18H17ClF2N2O3S2. The molecule has 0 aromatic carbocycles. The van der Waals surface area contributed by atoms with Gasteiger partial charge in [-0.25, -0.2) is 9.78 Å². The molecule has 0 aliphatic carbocycles. The third kappa shape index (κ3) is 4.89. The predicted molar refractivity (Wildman–Crippen MR) is 108 cm³/mol. The Morgan fingerprint density at radius 3 is 2.71 bits per heavy atom. The molecule has 0 unspecified atom stereocenters. The Morgan fingerprint density at radius 1 is 1.36 bits per heavy atom. The normalized spacial score (nSPS) is 11.8. The molecule has 0 atom stereocenters. The number of hydrogen-bond donors (Lipinski definition) is 0. The van der Waals surface area contributed by atoms with E-state index < -0.39 is 18.3 Å². The Labute approximate surface area is 173 Å². The number of nitrogens with zero attached hydrogens (tertiary/aromatic N) is 2. The van der Waals surface area contributed by atoms with E-state index in [4.69, 9.17) is 16.3 Å². The van der Waals surface area contributed by atoms with Gasteiger partial charge < -0.3 is 9.47 Å². The average molecular weight is 447 g/mol. The molecule has 28 heavy (non-hydrogen) atoms. The molecule has 0 saturated carbocycles. The fourth-order valence-electron chi connectivity index (χ4n) is 2.44. The summed E-state index contributed by atoms with van der Waals surface area (Å²) in [6, 6.07) is 5.29. The minimum atomic E-state index is -2.99. The summed E-state index contributed by atoms with van der Waals surface area (Å²) in [6.07, 6.45) is -0.575. The maximum absolute atomic E-state index is 12.9. The first-order valence-electron chi connectivity index (χ1n) is 8.19. The van der Waals surface area contributed by atoms with Gasteiger partial charge in [-0.05, 0) is 32.2 Å². The van der Waals surface area contributed by atoms with Crippen molar-refractivity contribution >= 4 is 56.3 Å². The second kappa shape index (κ2) is 8.18. The maximum Gasteiger partial charge on any atom is 0.415 e. The lowest BCUT2D eigenvalue weighted by molar-refractivity contribution is -0.0486. The van der Waals surface area contributed by atoms with Crippen LogP contribution in [0.2, 0.25) is 5.15 Å². The minimum absolute atomic E-state index is 0.0553. The second-order valence-electron chi connectivity index (χ2n) is 6.77. The summed E-state index contributed by atoms with van der Waals surface area (Å²) in [5.41, 5.74) is -0.112. The van der Waals surface area contributed by atoms with Gasteiger partial charge in [-0.1, -0.05) is 17.7 Å². The van der Waals surface area contributed by atoms with Crippen molar-refractivity contribution in [3.8, 4) is 5.75 Å². The van der Waals surface area contributed by atoms with Crippen molar-refractivity contribution in [2.45, 2.75) is 39.5 Å². The van der Waals surface area contributed by atoms with E-state index in [-0.39, 0.29) is 23.0 Å². The molecule has 1 amide bonds. The highest BCUT2D eigenvalue weighted by molar-refractivity contribution is 7.18. The number of rotatable bonds is 5. The van der Waals surface area contributed by atoms with E-state index >= 15 is 0 Å². The highest BCUT2D eigenvalue weighted by Crippen LogP contribution is 2.40. The number of hydrogen-bond acceptors (Lipinski definition) is 6. The molecule has 0 N–H and O–H groups in total. The number of halogens is 3. The molecule has 3 aromatic rings. The van der Waals surface area contributed by atoms with E-state index in [1.807, 2.05) is 17.5 Å². The number of anilines is 1. The van der Waals surface area contributed by atoms with E-state index in [9.17, 15) is 13.6 Å². The molecule has 3 rings (SSSR count). The van der Waals surface area contributed by atoms with E-state index in [0.717, 1.165) is 16.2 Å². The molecule has 0 radical (unpaired) electrons. The number of thiophene rings is 2. The van der Waals surface area contributed by atoms with Crippen molar-refractivity contribution in [3.63, 3.8) is 0 Å². The van der Waals surface area contributed by atoms with Crippen LogP contribution < -0.4 is 9.64 Å². The molecule has 0 spiro atoms. The topological polar surface area (TPSA) is 51.7 Å². The van der Waals surface area contributed by atoms with Crippen LogP contribution in [0.15, 0.2) is 29.0 Å². The number of alkyl halides is 2. The molecule has 10 heteroatoms. The van der Waals surface area contributed by atoms with Gasteiger partial charge in [-0.3, -0.25) is 4.90 Å². The number of aromatic nitrogens is 1. The van der Waals surface area contributed by atoms with Crippen LogP contribution in [0, 0.1) is 0 Å². The van der Waals surface area contributed by atoms with Crippen molar-refractivity contribution in [1.29, 1.82) is 0 Å². The summed E-state index contributed by atoms with van der Waals surface area (Å²) in [7, 11) is 0. The molecule has 5 nitrogen and oxygen atoms in total. The number of carbonyl (C=O) groups is 1. The fraction of sp³-hybridized carbons (Fsp3) is 0.333. The first-order chi connectivity index (χ1) is 13.1. The smallest absolute Gasteiger partial charge is 0.415 e. The summed E-state index contributed by atoms with van der Waals surface area (Å²) in [5, 5.41) is 3.37. The number of pyridine rings is 1. The number of carbonyl (C=O) groups excluding carboxylic acids is 1. The largest absolute Gasteiger partial charge is 0.443 e. The lowest BCUT2D eigenvalue weighted by Crippen LogP contribution is -2.36. The van der Waals surface area contributed by atoms with Gasteiger partial charge in [0.2, 0.25) is 0 Å². The van der Waals surface area contributed by atoms with Crippen LogP contribution in [0.25, 0.3) is 10.2 Å². The lowest BCUT2D eigenvalue weighted by Gasteiger charge is -2.27. The van der Waals surface area contributed by atoms with Crippen LogP contribution in [0.1, 0.15) is 25.6 Å². The van der Waals surface area contributed by atoms with Crippen LogP contribution >= 0.6 is 34.3 Å². The third-order valence-electron chi connectivity index (χ3n) is 3.45. The molecule has 3 aromatic heterocycles. The van der Waals surface area contributed by atoms with Crippen LogP contribution in [-0.4, -0.2) is 23.3 Å². The van der Waals surface area contributed by atoms with Gasteiger partial charge in [-0.2, -0.15) is 8.78 Å². The Balaban J connectivity index is 2.09. The lowest BCUT2D eigenvalue weighted by atomic mass is 10.2. The Kier molecular flexibility index (Phi) is 6.07. The molecule has 3 heterocycles. The number of fused-ring (bicyclic) bond motifs is 1. The summed E-state index contributed by atoms with van der Waals surface area (Å²) in [6.45, 7) is 2.55. The average Bonchev–Trinajstić information content (AvgIpc) is 3.20. The van der Waals surface area contributed by atoms with Gasteiger partial charge in [0, 0.05) is 16.3 Å². The highest BCUT2D eigenvalue weighted by atomic mass is 35.5. The number of ether oxygens (including phenoxy) is 2. The van der Waals surface area contributed by atoms with Crippen molar-refractivity contribution in [2.24, 2.45) is 0 Å². The first kappa shape index (κ1) is 20.8. The Hall–Kier alpha value is -1.97. The molecule has 0 aliphatic heterocycles. The highest BCUT2D eigenvalue weighted by Gasteiger charge is 2.27. The quantitative estimate of drug-likeness (QED) is 0.417. The summed E-state index contributed by atoms with van der Waals surface area (Å²) in [5.74, 6) is -0.0842. The zero-order valence-corrected chi connectivity index (χ0v) is 17.6. The second-order valence-corrected chi connectivity index (χ2v) is 9.07. The predicted octanol–water partition coefficient (Wildman–Crippen LogP) is 6.55. The Bertz CT molecular complexity index is 971. The van der Waals surface area contributed by atoms with Gasteiger partial charge in [0.1, 0.15) is 16.3 Å². The van der Waals surface area contributed by atoms with Crippen LogP contribution in [0.4, 0.5) is 19.3 Å². The van der Waals surface area contributed by atoms with Crippen molar-refractivity contribution in [2.75, 3.05) is 4.90 Å². The van der Waals surface area contributed by atoms with Crippen molar-refractivity contribution in [3.05, 3.63) is 39.0 Å². The molecular weight excluding hydrogens is 430 g/mol. The van der Waals surface area contributed by atoms with Gasteiger partial charge in [0.05, 0.1) is 16.9 Å². The molecule has 0 bridgehead atoms. The van der Waals surface area contributed by atoms with Gasteiger partial charge in [0.15, 0.2) is 5.75 Å². The van der Waals surface area contributed by atoms with Gasteiger partial charge >= 0.3 is 12.7 Å². The fourth-order valence-corrected chi connectivity index (χ4v) is 4.26. The van der Waals surface area contributed by atoms with E-state index in [1.54, 1.807) is 20.8 Å². The molecule has 0 saturated heterocycles. The zero-order chi connectivity index (χ0) is 20.5. The van der Waals surface area contributed by atoms with Crippen molar-refractivity contribution < 1.29 is 23.0 Å². The summed E-state index contributed by atoms with van der Waals surface area (Å²) < 4.78 is 36.0. The van der Waals surface area contributed by atoms with Crippen LogP contribution in [0.3, 0.4) is 0 Å². The summed E-state index contributed by atoms with van der Waals surface area (Å²) in [4.78, 5) is 19.4. The first-order valence-corrected chi connectivity index (χ1v) is 10.3. The molecule has 150 valence electrons. The Morgan fingerprint density at radius 2 is 2.11 bits per heavy atom. The summed E-state index contributed by atoms with van der Waals surface area (Å²) >= 11 is 8.76. The van der Waals surface area contributed by atoms with Gasteiger partial charge in [0.25, 0.3) is 0 Å². The third-order valence-corrected chi connectivity index (χ3v) is 5.48. The van der Waals surface area contributed by atoms with E-state index in [1.165, 1.54) is 27.7 Å². The van der Waals surface area contributed by atoms with Crippen LogP contribution in [-0.2, 0) is 11.3 Å². The standard InChI is InChI=1S/C18H17ClF2N2O3S2/c1-18(2,3)26-17(24)23(8-10-5-4-6-27-10)11-7-13(19)22-14-12(25-16(20)21)9-28-15(11)14/h4-7,9,16H,8H2,1-3H3. The van der Waals surface area contributed by atoms with E-state index in [0.29, 0.717) is 10.4 Å². The SMILES string of the molecule is CC(C)(C)OC(=O)N(Cc1cccs1)c1cc(Cl)nc2c(OC(F)F)csc12. The van der Waals surface area contributed by atoms with Gasteiger partial charge in [-0.15, -0.1) is 22.7 Å². The van der Waals surface area contributed by atoms with Crippen LogP contribution in [0.5, 0.6) is 5.75 Å². The monoisotopic (exact) mass is 446 g/mol. The maximum atomic E-state index is 12.9. The molecule has 0 fully saturated rings. The minimum Gasteiger partial charge on any atom is -0.443 e. The van der Waals surface area contributed by atoms with E-state index in [2.05, 4.69) is 9.72 Å².